The van der Waals surface area contributed by atoms with E-state index < -0.39 is 0 Å². The second-order valence-electron chi connectivity index (χ2n) is 3.49. The van der Waals surface area contributed by atoms with E-state index in [1.165, 1.54) is 0 Å². The fourth-order valence-corrected chi connectivity index (χ4v) is 1.97. The van der Waals surface area contributed by atoms with Gasteiger partial charge in [0.2, 0.25) is 0 Å². The molecular formula is C12H9BBrNO. The van der Waals surface area contributed by atoms with E-state index in [4.69, 9.17) is 0 Å². The number of halogens is 1. The first-order valence-corrected chi connectivity index (χ1v) is 5.68. The van der Waals surface area contributed by atoms with Crippen LogP contribution in [0.1, 0.15) is 10.4 Å². The Labute approximate surface area is 103 Å². The number of aromatic nitrogens is 1. The van der Waals surface area contributed by atoms with E-state index in [-0.39, 0.29) is 5.68 Å². The monoisotopic (exact) mass is 273 g/mol. The largest absolute Gasteiger partial charge is 0.307 e. The molecule has 0 saturated carbocycles. The average Bonchev–Trinajstić information content (AvgIpc) is 2.29. The molecule has 16 heavy (non-hydrogen) atoms. The Morgan fingerprint density at radius 3 is 2.69 bits per heavy atom. The summed E-state index contributed by atoms with van der Waals surface area (Å²) in [6, 6.07) is 9.50. The van der Waals surface area contributed by atoms with Crippen LogP contribution in [0.5, 0.6) is 0 Å². The third-order valence-electron chi connectivity index (χ3n) is 2.32. The summed E-state index contributed by atoms with van der Waals surface area (Å²) < 4.78 is 0.906. The van der Waals surface area contributed by atoms with Gasteiger partial charge in [-0.1, -0.05) is 24.3 Å². The number of benzene rings is 1. The quantitative estimate of drug-likeness (QED) is 0.786. The van der Waals surface area contributed by atoms with Crippen molar-refractivity contribution in [3.05, 3.63) is 52.8 Å². The Balaban J connectivity index is 2.60. The smallest absolute Gasteiger partial charge is 0.193 e. The van der Waals surface area contributed by atoms with E-state index in [2.05, 4.69) is 20.9 Å². The van der Waals surface area contributed by atoms with Crippen molar-refractivity contribution in [2.24, 2.45) is 0 Å². The Bertz CT molecular complexity index is 542. The summed E-state index contributed by atoms with van der Waals surface area (Å²) in [6.07, 6.45) is 3.48. The van der Waals surface area contributed by atoms with Crippen LogP contribution in [0.4, 0.5) is 0 Å². The van der Waals surface area contributed by atoms with Crippen molar-refractivity contribution in [1.29, 1.82) is 0 Å². The van der Waals surface area contributed by atoms with E-state index in [0.29, 0.717) is 0 Å². The van der Waals surface area contributed by atoms with Crippen molar-refractivity contribution in [3.63, 3.8) is 0 Å². The van der Waals surface area contributed by atoms with Gasteiger partial charge in [-0.15, -0.1) is 0 Å². The minimum atomic E-state index is 0.0653. The van der Waals surface area contributed by atoms with E-state index in [1.54, 1.807) is 20.2 Å². The van der Waals surface area contributed by atoms with E-state index in [0.717, 1.165) is 21.2 Å². The molecular weight excluding hydrogens is 265 g/mol. The van der Waals surface area contributed by atoms with E-state index in [1.807, 2.05) is 30.3 Å². The zero-order valence-corrected chi connectivity index (χ0v) is 10.4. The number of carbonyl (C=O) groups is 1. The molecule has 1 aromatic heterocycles. The van der Waals surface area contributed by atoms with Crippen molar-refractivity contribution >= 4 is 29.5 Å². The molecule has 0 unspecified atom stereocenters. The summed E-state index contributed by atoms with van der Waals surface area (Å²) in [6.45, 7) is 0. The summed E-state index contributed by atoms with van der Waals surface area (Å²) in [5, 5.41) is 0. The molecule has 0 saturated heterocycles. The maximum Gasteiger partial charge on any atom is 0.193 e. The third kappa shape index (κ3) is 2.22. The zero-order valence-electron chi connectivity index (χ0n) is 8.77. The molecule has 2 nitrogen and oxygen atoms in total. The van der Waals surface area contributed by atoms with Crippen molar-refractivity contribution in [2.75, 3.05) is 0 Å². The molecule has 2 rings (SSSR count). The molecule has 0 aliphatic rings. The van der Waals surface area contributed by atoms with Crippen molar-refractivity contribution in [3.8, 4) is 11.1 Å². The highest BCUT2D eigenvalue weighted by molar-refractivity contribution is 9.10. The molecule has 0 bridgehead atoms. The van der Waals surface area contributed by atoms with Crippen LogP contribution in [0.15, 0.2) is 47.2 Å². The lowest BCUT2D eigenvalue weighted by Gasteiger charge is -2.06. The Morgan fingerprint density at radius 2 is 2.00 bits per heavy atom. The lowest BCUT2D eigenvalue weighted by molar-refractivity contribution is 0.108. The molecule has 4 heteroatoms. The van der Waals surface area contributed by atoms with Gasteiger partial charge in [0.15, 0.2) is 7.85 Å². The standard InChI is InChI=1S/C12H9BBrNO/c13-12(16)11-4-2-1-3-10(11)8-5-9(14)7-15-6-8/h1-7H,13H2. The Morgan fingerprint density at radius 1 is 1.25 bits per heavy atom. The van der Waals surface area contributed by atoms with Crippen LogP contribution in [0.25, 0.3) is 11.1 Å². The van der Waals surface area contributed by atoms with Gasteiger partial charge in [-0.3, -0.25) is 4.98 Å². The van der Waals surface area contributed by atoms with Crippen LogP contribution < -0.4 is 0 Å². The fraction of sp³-hybridized carbons (Fsp3) is 0. The molecule has 0 amide bonds. The van der Waals surface area contributed by atoms with Crippen molar-refractivity contribution in [2.45, 2.75) is 0 Å². The number of hydrogen-bond donors (Lipinski definition) is 0. The molecule has 0 aliphatic heterocycles. The second-order valence-corrected chi connectivity index (χ2v) is 4.41. The highest BCUT2D eigenvalue weighted by Crippen LogP contribution is 2.25. The van der Waals surface area contributed by atoms with Gasteiger partial charge in [0.1, 0.15) is 5.68 Å². The van der Waals surface area contributed by atoms with Gasteiger partial charge in [-0.05, 0) is 27.6 Å². The summed E-state index contributed by atoms with van der Waals surface area (Å²) in [4.78, 5) is 15.6. The minimum Gasteiger partial charge on any atom is -0.307 e. The number of rotatable bonds is 2. The van der Waals surface area contributed by atoms with Crippen LogP contribution in [0.2, 0.25) is 0 Å². The average molecular weight is 274 g/mol. The second kappa shape index (κ2) is 4.62. The molecule has 0 atom stereocenters. The third-order valence-corrected chi connectivity index (χ3v) is 2.76. The Kier molecular flexibility index (Phi) is 3.20. The molecule has 1 heterocycles. The van der Waals surface area contributed by atoms with Gasteiger partial charge in [-0.2, -0.15) is 0 Å². The van der Waals surface area contributed by atoms with Gasteiger partial charge < -0.3 is 4.79 Å². The molecule has 0 radical (unpaired) electrons. The van der Waals surface area contributed by atoms with Gasteiger partial charge in [-0.25, -0.2) is 0 Å². The van der Waals surface area contributed by atoms with Crippen molar-refractivity contribution in [1.82, 2.24) is 4.98 Å². The predicted octanol–water partition coefficient (Wildman–Crippen LogP) is 2.28. The van der Waals surface area contributed by atoms with E-state index >= 15 is 0 Å². The highest BCUT2D eigenvalue weighted by Gasteiger charge is 2.08. The van der Waals surface area contributed by atoms with E-state index in [9.17, 15) is 4.79 Å². The summed E-state index contributed by atoms with van der Waals surface area (Å²) in [5.41, 5.74) is 2.65. The zero-order chi connectivity index (χ0) is 11.5. The molecule has 1 aromatic carbocycles. The van der Waals surface area contributed by atoms with Crippen LogP contribution in [0, 0.1) is 0 Å². The van der Waals surface area contributed by atoms with Gasteiger partial charge in [0.05, 0.1) is 0 Å². The van der Waals surface area contributed by atoms with Crippen LogP contribution in [-0.4, -0.2) is 18.5 Å². The number of pyridine rings is 1. The van der Waals surface area contributed by atoms with Crippen molar-refractivity contribution < 1.29 is 4.79 Å². The maximum atomic E-state index is 11.5. The topological polar surface area (TPSA) is 30.0 Å². The molecule has 0 N–H and O–H groups in total. The first-order chi connectivity index (χ1) is 7.68. The molecule has 78 valence electrons. The fourth-order valence-electron chi connectivity index (χ4n) is 1.60. The molecule has 2 aromatic rings. The lowest BCUT2D eigenvalue weighted by Crippen LogP contribution is -2.00. The summed E-state index contributed by atoms with van der Waals surface area (Å²) in [7, 11) is 1.57. The Hall–Kier alpha value is -1.42. The highest BCUT2D eigenvalue weighted by atomic mass is 79.9. The van der Waals surface area contributed by atoms with Crippen LogP contribution in [0.3, 0.4) is 0 Å². The normalized spacial score (nSPS) is 10.1. The molecule has 0 fully saturated rings. The lowest BCUT2D eigenvalue weighted by atomic mass is 9.89. The van der Waals surface area contributed by atoms with Crippen LogP contribution >= 0.6 is 15.9 Å². The predicted molar refractivity (Wildman–Crippen MR) is 70.2 cm³/mol. The number of carbonyl (C=O) groups excluding carboxylic acids is 1. The number of hydrogen-bond acceptors (Lipinski definition) is 2. The number of nitrogens with zero attached hydrogens (tertiary/aromatic N) is 1. The van der Waals surface area contributed by atoms with Gasteiger partial charge in [0.25, 0.3) is 0 Å². The summed E-state index contributed by atoms with van der Waals surface area (Å²) >= 11 is 3.37. The maximum absolute atomic E-state index is 11.5. The minimum absolute atomic E-state index is 0.0653. The van der Waals surface area contributed by atoms with Gasteiger partial charge in [0, 0.05) is 28.0 Å². The first-order valence-electron chi connectivity index (χ1n) is 4.89. The SMILES string of the molecule is BC(=O)c1ccccc1-c1cncc(Br)c1. The van der Waals surface area contributed by atoms with Crippen LogP contribution in [-0.2, 0) is 0 Å². The molecule has 0 spiro atoms. The molecule has 0 aliphatic carbocycles. The first kappa shape index (κ1) is 11.1. The van der Waals surface area contributed by atoms with Gasteiger partial charge >= 0.3 is 0 Å². The summed E-state index contributed by atoms with van der Waals surface area (Å²) in [5.74, 6) is 0.